The van der Waals surface area contributed by atoms with Crippen molar-refractivity contribution in [3.8, 4) is 0 Å². The van der Waals surface area contributed by atoms with Crippen LogP contribution in [0.5, 0.6) is 0 Å². The van der Waals surface area contributed by atoms with Gasteiger partial charge in [-0.05, 0) is 35.9 Å². The van der Waals surface area contributed by atoms with Gasteiger partial charge in [-0.1, -0.05) is 6.07 Å². The molecule has 0 aromatic carbocycles. The largest absolute Gasteiger partial charge is 0.433 e. The molecule has 0 unspecified atom stereocenters. The Hall–Kier alpha value is -1.67. The smallest absolute Gasteiger partial charge is 0.326 e. The number of hydrogen-bond donors (Lipinski definition) is 1. The van der Waals surface area contributed by atoms with Crippen LogP contribution in [0.3, 0.4) is 0 Å². The molecule has 0 bridgehead atoms. The van der Waals surface area contributed by atoms with E-state index >= 15 is 0 Å². The molecule has 0 fully saturated rings. The molecule has 8 heteroatoms. The highest BCUT2D eigenvalue weighted by molar-refractivity contribution is 7.99. The van der Waals surface area contributed by atoms with E-state index in [0.717, 1.165) is 23.4 Å². The van der Waals surface area contributed by atoms with E-state index in [1.54, 1.807) is 12.4 Å². The Kier molecular flexibility index (Phi) is 4.24. The van der Waals surface area contributed by atoms with E-state index in [0.29, 0.717) is 10.7 Å². The molecule has 0 saturated carbocycles. The van der Waals surface area contributed by atoms with Crippen molar-refractivity contribution in [2.45, 2.75) is 29.8 Å². The van der Waals surface area contributed by atoms with Crippen molar-refractivity contribution in [1.82, 2.24) is 15.0 Å². The zero-order valence-corrected chi connectivity index (χ0v) is 11.3. The summed E-state index contributed by atoms with van der Waals surface area (Å²) in [6, 6.07) is 2.24. The second-order valence-electron chi connectivity index (χ2n) is 4.01. The molecule has 20 heavy (non-hydrogen) atoms. The van der Waals surface area contributed by atoms with Gasteiger partial charge in [-0.3, -0.25) is 0 Å². The summed E-state index contributed by atoms with van der Waals surface area (Å²) in [6.07, 6.45) is -1.31. The molecule has 0 radical (unpaired) electrons. The number of rotatable bonds is 3. The Morgan fingerprint density at radius 2 is 1.85 bits per heavy atom. The van der Waals surface area contributed by atoms with E-state index in [-0.39, 0.29) is 11.6 Å². The molecular formula is C12H11F3N4S. The van der Waals surface area contributed by atoms with Gasteiger partial charge in [0.15, 0.2) is 5.16 Å². The van der Waals surface area contributed by atoms with Crippen molar-refractivity contribution in [3.05, 3.63) is 41.3 Å². The lowest BCUT2D eigenvalue weighted by molar-refractivity contribution is -0.141. The van der Waals surface area contributed by atoms with Gasteiger partial charge >= 0.3 is 6.18 Å². The molecule has 2 heterocycles. The van der Waals surface area contributed by atoms with Gasteiger partial charge < -0.3 is 5.73 Å². The standard InChI is InChI=1S/C12H11F3N4S/c1-7-5-17-11(18-6-7)20-10-8(4-16)2-3-9(19-10)12(13,14)15/h2-3,5-6H,4,16H2,1H3. The van der Waals surface area contributed by atoms with Gasteiger partial charge in [0.25, 0.3) is 0 Å². The Morgan fingerprint density at radius 3 is 2.40 bits per heavy atom. The maximum atomic E-state index is 12.7. The van der Waals surface area contributed by atoms with Crippen LogP contribution in [0.15, 0.2) is 34.7 Å². The molecule has 4 nitrogen and oxygen atoms in total. The molecular weight excluding hydrogens is 289 g/mol. The number of pyridine rings is 1. The first kappa shape index (κ1) is 14.7. The molecule has 2 rings (SSSR count). The molecule has 2 aromatic rings. The molecule has 0 amide bonds. The van der Waals surface area contributed by atoms with Crippen molar-refractivity contribution in [3.63, 3.8) is 0 Å². The number of aromatic nitrogens is 3. The molecule has 0 aliphatic heterocycles. The van der Waals surface area contributed by atoms with E-state index in [4.69, 9.17) is 5.73 Å². The van der Waals surface area contributed by atoms with Crippen molar-refractivity contribution < 1.29 is 13.2 Å². The second kappa shape index (κ2) is 5.76. The minimum absolute atomic E-state index is 0.0966. The number of hydrogen-bond acceptors (Lipinski definition) is 5. The summed E-state index contributed by atoms with van der Waals surface area (Å²) in [7, 11) is 0. The lowest BCUT2D eigenvalue weighted by Crippen LogP contribution is -2.10. The first-order chi connectivity index (χ1) is 9.40. The fourth-order valence-corrected chi connectivity index (χ4v) is 2.20. The zero-order valence-electron chi connectivity index (χ0n) is 10.5. The summed E-state index contributed by atoms with van der Waals surface area (Å²) in [5, 5.41) is 0.503. The molecule has 2 aromatic heterocycles. The lowest BCUT2D eigenvalue weighted by Gasteiger charge is -2.10. The van der Waals surface area contributed by atoms with Crippen LogP contribution in [0.1, 0.15) is 16.8 Å². The van der Waals surface area contributed by atoms with Gasteiger partial charge in [-0.25, -0.2) is 15.0 Å². The highest BCUT2D eigenvalue weighted by Crippen LogP contribution is 2.32. The van der Waals surface area contributed by atoms with Crippen LogP contribution >= 0.6 is 11.8 Å². The zero-order chi connectivity index (χ0) is 14.8. The van der Waals surface area contributed by atoms with Gasteiger partial charge in [0.1, 0.15) is 10.7 Å². The molecule has 106 valence electrons. The Labute approximate surface area is 117 Å². The number of halogens is 3. The van der Waals surface area contributed by atoms with E-state index in [1.165, 1.54) is 6.07 Å². The Bertz CT molecular complexity index is 599. The van der Waals surface area contributed by atoms with Crippen LogP contribution in [0, 0.1) is 6.92 Å². The molecule has 0 atom stereocenters. The second-order valence-corrected chi connectivity index (χ2v) is 4.96. The van der Waals surface area contributed by atoms with Crippen molar-refractivity contribution in [2.24, 2.45) is 5.73 Å². The van der Waals surface area contributed by atoms with Crippen LogP contribution in [0.25, 0.3) is 0 Å². The predicted molar refractivity (Wildman–Crippen MR) is 68.0 cm³/mol. The van der Waals surface area contributed by atoms with Gasteiger partial charge in [-0.15, -0.1) is 0 Å². The third kappa shape index (κ3) is 3.45. The molecule has 0 aliphatic carbocycles. The van der Waals surface area contributed by atoms with Gasteiger partial charge in [0.2, 0.25) is 0 Å². The normalized spacial score (nSPS) is 11.7. The van der Waals surface area contributed by atoms with Crippen LogP contribution in [0.2, 0.25) is 0 Å². The quantitative estimate of drug-likeness (QED) is 0.883. The Morgan fingerprint density at radius 1 is 1.20 bits per heavy atom. The summed E-state index contributed by atoms with van der Waals surface area (Å²) < 4.78 is 38.0. The summed E-state index contributed by atoms with van der Waals surface area (Å²) >= 11 is 0.964. The minimum atomic E-state index is -4.49. The average molecular weight is 300 g/mol. The highest BCUT2D eigenvalue weighted by atomic mass is 32.2. The number of aryl methyl sites for hydroxylation is 1. The fourth-order valence-electron chi connectivity index (χ4n) is 1.39. The lowest BCUT2D eigenvalue weighted by atomic mass is 10.2. The van der Waals surface area contributed by atoms with Gasteiger partial charge in [0, 0.05) is 18.9 Å². The number of nitrogens with two attached hydrogens (primary N) is 1. The first-order valence-electron chi connectivity index (χ1n) is 5.64. The summed E-state index contributed by atoms with van der Waals surface area (Å²) in [6.45, 7) is 1.92. The fraction of sp³-hybridized carbons (Fsp3) is 0.250. The van der Waals surface area contributed by atoms with E-state index < -0.39 is 11.9 Å². The number of nitrogens with zero attached hydrogens (tertiary/aromatic N) is 3. The maximum absolute atomic E-state index is 12.7. The monoisotopic (exact) mass is 300 g/mol. The SMILES string of the molecule is Cc1cnc(Sc2nc(C(F)(F)F)ccc2CN)nc1. The van der Waals surface area contributed by atoms with Crippen LogP contribution in [-0.2, 0) is 12.7 Å². The van der Waals surface area contributed by atoms with Crippen LogP contribution in [-0.4, -0.2) is 15.0 Å². The van der Waals surface area contributed by atoms with Crippen molar-refractivity contribution in [1.29, 1.82) is 0 Å². The van der Waals surface area contributed by atoms with E-state index in [2.05, 4.69) is 15.0 Å². The summed E-state index contributed by atoms with van der Waals surface area (Å²) in [5.74, 6) is 0. The van der Waals surface area contributed by atoms with E-state index in [1.807, 2.05) is 6.92 Å². The number of alkyl halides is 3. The first-order valence-corrected chi connectivity index (χ1v) is 6.45. The average Bonchev–Trinajstić information content (AvgIpc) is 2.40. The third-order valence-electron chi connectivity index (χ3n) is 2.39. The van der Waals surface area contributed by atoms with Crippen molar-refractivity contribution >= 4 is 11.8 Å². The third-order valence-corrected chi connectivity index (χ3v) is 3.33. The van der Waals surface area contributed by atoms with Crippen LogP contribution in [0.4, 0.5) is 13.2 Å². The maximum Gasteiger partial charge on any atom is 0.433 e. The molecule has 0 aliphatic rings. The Balaban J connectivity index is 2.35. The molecule has 0 spiro atoms. The minimum Gasteiger partial charge on any atom is -0.326 e. The summed E-state index contributed by atoms with van der Waals surface area (Å²) in [4.78, 5) is 11.7. The highest BCUT2D eigenvalue weighted by Gasteiger charge is 2.33. The van der Waals surface area contributed by atoms with Crippen LogP contribution < -0.4 is 5.73 Å². The van der Waals surface area contributed by atoms with Crippen molar-refractivity contribution in [2.75, 3.05) is 0 Å². The van der Waals surface area contributed by atoms with E-state index in [9.17, 15) is 13.2 Å². The van der Waals surface area contributed by atoms with Gasteiger partial charge in [-0.2, -0.15) is 13.2 Å². The molecule has 0 saturated heterocycles. The predicted octanol–water partition coefficient (Wildman–Crippen LogP) is 2.81. The topological polar surface area (TPSA) is 64.7 Å². The molecule has 2 N–H and O–H groups in total. The van der Waals surface area contributed by atoms with Gasteiger partial charge in [0.05, 0.1) is 0 Å². The summed E-state index contributed by atoms with van der Waals surface area (Å²) in [5.41, 5.74) is 5.94.